The number of nitrogens with one attached hydrogen (secondary N) is 1. The third-order valence-electron chi connectivity index (χ3n) is 3.09. The molecule has 1 saturated heterocycles. The van der Waals surface area contributed by atoms with Gasteiger partial charge in [-0.1, -0.05) is 6.92 Å². The first-order chi connectivity index (χ1) is 8.52. The number of carbonyl (C=O) groups is 2. The van der Waals surface area contributed by atoms with Crippen LogP contribution in [0.5, 0.6) is 0 Å². The predicted octanol–water partition coefficient (Wildman–Crippen LogP) is 2.14. The Bertz CT molecular complexity index is 514. The third kappa shape index (κ3) is 2.20. The van der Waals surface area contributed by atoms with Crippen LogP contribution in [0.15, 0.2) is 12.1 Å². The van der Waals surface area contributed by atoms with E-state index < -0.39 is 6.03 Å². The Hall–Kier alpha value is -1.91. The summed E-state index contributed by atoms with van der Waals surface area (Å²) < 4.78 is 13.6. The zero-order valence-electron chi connectivity index (χ0n) is 10.4. The number of amides is 3. The molecule has 0 saturated carbocycles. The highest BCUT2D eigenvalue weighted by atomic mass is 19.1. The van der Waals surface area contributed by atoms with Crippen LogP contribution < -0.4 is 10.2 Å². The van der Waals surface area contributed by atoms with Crippen molar-refractivity contribution in [3.63, 3.8) is 0 Å². The van der Waals surface area contributed by atoms with Gasteiger partial charge in [-0.2, -0.15) is 0 Å². The number of nitrogens with zero attached hydrogens (tertiary/aromatic N) is 1. The molecule has 1 aromatic carbocycles. The first-order valence-corrected chi connectivity index (χ1v) is 5.93. The van der Waals surface area contributed by atoms with Crippen LogP contribution in [-0.2, 0) is 11.2 Å². The van der Waals surface area contributed by atoms with Gasteiger partial charge in [-0.15, -0.1) is 0 Å². The van der Waals surface area contributed by atoms with E-state index in [9.17, 15) is 14.0 Å². The minimum absolute atomic E-state index is 0.257. The van der Waals surface area contributed by atoms with E-state index >= 15 is 0 Å². The van der Waals surface area contributed by atoms with Crippen molar-refractivity contribution in [2.24, 2.45) is 0 Å². The van der Waals surface area contributed by atoms with Crippen molar-refractivity contribution < 1.29 is 14.0 Å². The normalized spacial score (nSPS) is 15.8. The van der Waals surface area contributed by atoms with Crippen molar-refractivity contribution >= 4 is 17.6 Å². The fraction of sp³-hybridized carbons (Fsp3) is 0.385. The quantitative estimate of drug-likeness (QED) is 0.874. The van der Waals surface area contributed by atoms with Crippen LogP contribution in [0.1, 0.15) is 24.5 Å². The van der Waals surface area contributed by atoms with Crippen LogP contribution in [0, 0.1) is 12.7 Å². The van der Waals surface area contributed by atoms with E-state index in [1.165, 1.54) is 11.0 Å². The number of benzene rings is 1. The second-order valence-corrected chi connectivity index (χ2v) is 4.34. The molecular formula is C13H15FN2O2. The van der Waals surface area contributed by atoms with E-state index in [1.54, 1.807) is 13.0 Å². The molecule has 0 atom stereocenters. The molecule has 0 aromatic heterocycles. The number of hydrogen-bond acceptors (Lipinski definition) is 2. The Labute approximate surface area is 105 Å². The molecule has 0 radical (unpaired) electrons. The van der Waals surface area contributed by atoms with Crippen LogP contribution in [0.25, 0.3) is 0 Å². The van der Waals surface area contributed by atoms with E-state index in [2.05, 4.69) is 5.32 Å². The SMILES string of the molecule is CCc1cc(N2CCC(=O)NC2=O)c(C)cc1F. The average Bonchev–Trinajstić information content (AvgIpc) is 2.30. The number of rotatable bonds is 2. The number of carbonyl (C=O) groups excluding carboxylic acids is 2. The Morgan fingerprint density at radius 1 is 1.39 bits per heavy atom. The molecule has 1 aliphatic heterocycles. The summed E-state index contributed by atoms with van der Waals surface area (Å²) in [5.74, 6) is -0.529. The number of urea groups is 1. The number of halogens is 1. The summed E-state index contributed by atoms with van der Waals surface area (Å²) in [5, 5.41) is 2.26. The van der Waals surface area contributed by atoms with Crippen molar-refractivity contribution in [2.75, 3.05) is 11.4 Å². The molecule has 1 aliphatic rings. The molecule has 3 amide bonds. The summed E-state index contributed by atoms with van der Waals surface area (Å²) in [5.41, 5.74) is 1.92. The summed E-state index contributed by atoms with van der Waals surface area (Å²) in [7, 11) is 0. The minimum atomic E-state index is -0.442. The average molecular weight is 250 g/mol. The van der Waals surface area contributed by atoms with Gasteiger partial charge in [0.1, 0.15) is 5.82 Å². The number of anilines is 1. The molecule has 0 unspecified atom stereocenters. The Kier molecular flexibility index (Phi) is 3.32. The fourth-order valence-corrected chi connectivity index (χ4v) is 2.06. The van der Waals surface area contributed by atoms with Crippen LogP contribution in [-0.4, -0.2) is 18.5 Å². The smallest absolute Gasteiger partial charge is 0.293 e. The summed E-state index contributed by atoms with van der Waals surface area (Å²) in [6, 6.07) is 2.67. The predicted molar refractivity (Wildman–Crippen MR) is 66.0 cm³/mol. The maximum absolute atomic E-state index is 13.6. The number of aryl methyl sites for hydroxylation is 2. The van der Waals surface area contributed by atoms with Gasteiger partial charge < -0.3 is 0 Å². The van der Waals surface area contributed by atoms with Crippen molar-refractivity contribution in [3.8, 4) is 0 Å². The topological polar surface area (TPSA) is 49.4 Å². The van der Waals surface area contributed by atoms with Gasteiger partial charge in [0.15, 0.2) is 0 Å². The van der Waals surface area contributed by atoms with E-state index in [1.807, 2.05) is 6.92 Å². The Morgan fingerprint density at radius 3 is 2.72 bits per heavy atom. The minimum Gasteiger partial charge on any atom is -0.293 e. The molecule has 18 heavy (non-hydrogen) atoms. The molecule has 1 heterocycles. The first kappa shape index (κ1) is 12.5. The molecule has 0 bridgehead atoms. The van der Waals surface area contributed by atoms with Crippen LogP contribution in [0.2, 0.25) is 0 Å². The van der Waals surface area contributed by atoms with Gasteiger partial charge in [-0.3, -0.25) is 15.0 Å². The molecular weight excluding hydrogens is 235 g/mol. The highest BCUT2D eigenvalue weighted by Crippen LogP contribution is 2.25. The van der Waals surface area contributed by atoms with Gasteiger partial charge in [0, 0.05) is 18.7 Å². The first-order valence-electron chi connectivity index (χ1n) is 5.93. The van der Waals surface area contributed by atoms with Crippen LogP contribution in [0.3, 0.4) is 0 Å². The van der Waals surface area contributed by atoms with Gasteiger partial charge in [-0.25, -0.2) is 9.18 Å². The maximum Gasteiger partial charge on any atom is 0.328 e. The molecule has 1 aromatic rings. The van der Waals surface area contributed by atoms with Crippen molar-refractivity contribution in [2.45, 2.75) is 26.7 Å². The molecule has 96 valence electrons. The molecule has 0 spiro atoms. The molecule has 1 N–H and O–H groups in total. The third-order valence-corrected chi connectivity index (χ3v) is 3.09. The lowest BCUT2D eigenvalue weighted by Crippen LogP contribution is -2.49. The van der Waals surface area contributed by atoms with Gasteiger partial charge in [0.25, 0.3) is 0 Å². The van der Waals surface area contributed by atoms with E-state index in [-0.39, 0.29) is 18.1 Å². The van der Waals surface area contributed by atoms with E-state index in [4.69, 9.17) is 0 Å². The lowest BCUT2D eigenvalue weighted by Gasteiger charge is -2.28. The highest BCUT2D eigenvalue weighted by Gasteiger charge is 2.25. The summed E-state index contributed by atoms with van der Waals surface area (Å²) in [4.78, 5) is 24.3. The molecule has 5 heteroatoms. The second kappa shape index (κ2) is 4.76. The van der Waals surface area contributed by atoms with Crippen LogP contribution in [0.4, 0.5) is 14.9 Å². The fourth-order valence-electron chi connectivity index (χ4n) is 2.06. The summed E-state index contributed by atoms with van der Waals surface area (Å²) in [6.07, 6.45) is 0.831. The zero-order chi connectivity index (χ0) is 13.3. The Balaban J connectivity index is 2.38. The van der Waals surface area contributed by atoms with Gasteiger partial charge in [0.2, 0.25) is 5.91 Å². The number of imide groups is 1. The number of hydrogen-bond donors (Lipinski definition) is 1. The lowest BCUT2D eigenvalue weighted by atomic mass is 10.1. The van der Waals surface area contributed by atoms with Gasteiger partial charge in [-0.05, 0) is 36.6 Å². The zero-order valence-corrected chi connectivity index (χ0v) is 10.4. The van der Waals surface area contributed by atoms with E-state index in [0.29, 0.717) is 29.8 Å². The van der Waals surface area contributed by atoms with Crippen LogP contribution >= 0.6 is 0 Å². The maximum atomic E-state index is 13.6. The molecule has 4 nitrogen and oxygen atoms in total. The highest BCUT2D eigenvalue weighted by molar-refractivity contribution is 6.05. The largest absolute Gasteiger partial charge is 0.328 e. The molecule has 2 rings (SSSR count). The summed E-state index contributed by atoms with van der Waals surface area (Å²) >= 11 is 0. The van der Waals surface area contributed by atoms with Crippen molar-refractivity contribution in [3.05, 3.63) is 29.1 Å². The standard InChI is InChI=1S/C13H15FN2O2/c1-3-9-7-11(8(2)6-10(9)14)16-5-4-12(17)15-13(16)18/h6-7H,3-5H2,1-2H3,(H,15,17,18). The molecule has 1 fully saturated rings. The van der Waals surface area contributed by atoms with Gasteiger partial charge >= 0.3 is 6.03 Å². The van der Waals surface area contributed by atoms with Gasteiger partial charge in [0.05, 0.1) is 0 Å². The second-order valence-electron chi connectivity index (χ2n) is 4.34. The molecule has 0 aliphatic carbocycles. The van der Waals surface area contributed by atoms with Crippen molar-refractivity contribution in [1.82, 2.24) is 5.32 Å². The summed E-state index contributed by atoms with van der Waals surface area (Å²) in [6.45, 7) is 3.94. The van der Waals surface area contributed by atoms with Crippen molar-refractivity contribution in [1.29, 1.82) is 0 Å². The lowest BCUT2D eigenvalue weighted by molar-refractivity contribution is -0.120. The Morgan fingerprint density at radius 2 is 2.11 bits per heavy atom. The monoisotopic (exact) mass is 250 g/mol. The van der Waals surface area contributed by atoms with E-state index in [0.717, 1.165) is 0 Å².